The molecule has 5 N–H and O–H groups in total. The zero-order chi connectivity index (χ0) is 15.1. The Hall–Kier alpha value is -0.740. The van der Waals surface area contributed by atoms with Crippen molar-refractivity contribution in [3.8, 4) is 0 Å². The van der Waals surface area contributed by atoms with Crippen LogP contribution in [0.4, 0.5) is 0 Å². The molecule has 1 saturated carbocycles. The molecule has 0 aliphatic heterocycles. The fraction of sp³-hybridized carbons (Fsp3) is 0.875. The van der Waals surface area contributed by atoms with Crippen LogP contribution in [0.5, 0.6) is 0 Å². The predicted octanol–water partition coefficient (Wildman–Crippen LogP) is 2.34. The van der Waals surface area contributed by atoms with E-state index in [1.54, 1.807) is 0 Å². The van der Waals surface area contributed by atoms with Gasteiger partial charge in [0.2, 0.25) is 0 Å². The van der Waals surface area contributed by atoms with E-state index in [0.29, 0.717) is 23.9 Å². The molecule has 116 valence electrons. The minimum Gasteiger partial charge on any atom is -0.401 e. The molecular weight excluding hydrogens is 250 g/mol. The first kappa shape index (κ1) is 15.6. The summed E-state index contributed by atoms with van der Waals surface area (Å²) >= 11 is 0. The van der Waals surface area contributed by atoms with Gasteiger partial charge in [-0.3, -0.25) is 0 Å². The number of rotatable bonds is 2. The van der Waals surface area contributed by atoms with Crippen LogP contribution in [-0.4, -0.2) is 22.3 Å². The molecule has 3 atom stereocenters. The second kappa shape index (κ2) is 5.23. The van der Waals surface area contributed by atoms with Crippen molar-refractivity contribution in [3.63, 3.8) is 0 Å². The molecule has 0 spiro atoms. The molecule has 0 aromatic heterocycles. The highest BCUT2D eigenvalue weighted by Crippen LogP contribution is 2.63. The number of hydrogen-bond acceptors (Lipinski definition) is 4. The third-order valence-electron chi connectivity index (χ3n) is 5.51. The lowest BCUT2D eigenvalue weighted by molar-refractivity contribution is 0.177. The van der Waals surface area contributed by atoms with Gasteiger partial charge in [0, 0.05) is 23.5 Å². The molecule has 0 radical (unpaired) electrons. The average Bonchev–Trinajstić information content (AvgIpc) is 2.90. The monoisotopic (exact) mass is 281 g/mol. The maximum absolute atomic E-state index is 9.54. The highest BCUT2D eigenvalue weighted by molar-refractivity contribution is 5.16. The maximum Gasteiger partial charge on any atom is 0.0484 e. The number of hydrogen-bond donors (Lipinski definition) is 3. The molecule has 2 rings (SSSR count). The van der Waals surface area contributed by atoms with Crippen LogP contribution in [0.1, 0.15) is 59.8 Å². The topological polar surface area (TPSA) is 75.5 Å². The molecule has 0 aromatic rings. The number of hydrazine groups is 1. The molecule has 2 unspecified atom stereocenters. The van der Waals surface area contributed by atoms with Gasteiger partial charge in [0.25, 0.3) is 0 Å². The Kier molecular flexibility index (Phi) is 4.09. The summed E-state index contributed by atoms with van der Waals surface area (Å²) in [7, 11) is 0. The Morgan fingerprint density at radius 3 is 2.55 bits per heavy atom. The van der Waals surface area contributed by atoms with Gasteiger partial charge in [-0.2, -0.15) is 0 Å². The zero-order valence-electron chi connectivity index (χ0n) is 13.4. The number of aliphatic hydroxyl groups is 1. The third kappa shape index (κ3) is 2.68. The van der Waals surface area contributed by atoms with E-state index in [4.69, 9.17) is 11.6 Å². The van der Waals surface area contributed by atoms with Gasteiger partial charge in [0.15, 0.2) is 0 Å². The van der Waals surface area contributed by atoms with Gasteiger partial charge in [-0.25, -0.2) is 5.84 Å². The van der Waals surface area contributed by atoms with Crippen molar-refractivity contribution < 1.29 is 5.11 Å². The van der Waals surface area contributed by atoms with E-state index in [-0.39, 0.29) is 5.54 Å². The van der Waals surface area contributed by atoms with Crippen molar-refractivity contribution >= 4 is 0 Å². The Morgan fingerprint density at radius 1 is 1.35 bits per heavy atom. The number of aliphatic hydroxyl groups excluding tert-OH is 1. The van der Waals surface area contributed by atoms with Crippen LogP contribution in [0.25, 0.3) is 0 Å². The number of nitrogens with two attached hydrogens (primary N) is 2. The van der Waals surface area contributed by atoms with E-state index in [2.05, 4.69) is 27.7 Å². The summed E-state index contributed by atoms with van der Waals surface area (Å²) in [6, 6.07) is 0. The van der Waals surface area contributed by atoms with Crippen LogP contribution >= 0.6 is 0 Å². The van der Waals surface area contributed by atoms with E-state index in [1.807, 2.05) is 5.01 Å². The number of fused-ring (bicyclic) bond motifs is 1. The summed E-state index contributed by atoms with van der Waals surface area (Å²) in [6.07, 6.45) is 5.19. The molecule has 0 heterocycles. The molecule has 0 aromatic carbocycles. The molecule has 4 nitrogen and oxygen atoms in total. The Labute approximate surface area is 123 Å². The largest absolute Gasteiger partial charge is 0.401 e. The fourth-order valence-electron chi connectivity index (χ4n) is 3.94. The second-order valence-corrected chi connectivity index (χ2v) is 7.81. The summed E-state index contributed by atoms with van der Waals surface area (Å²) in [4.78, 5) is 0. The van der Waals surface area contributed by atoms with Crippen LogP contribution < -0.4 is 11.6 Å². The van der Waals surface area contributed by atoms with E-state index in [9.17, 15) is 5.11 Å². The maximum atomic E-state index is 9.54. The summed E-state index contributed by atoms with van der Waals surface area (Å²) in [5.74, 6) is 7.40. The van der Waals surface area contributed by atoms with Gasteiger partial charge in [-0.05, 0) is 70.1 Å². The molecule has 0 amide bonds. The summed E-state index contributed by atoms with van der Waals surface area (Å²) < 4.78 is 0. The van der Waals surface area contributed by atoms with Crippen molar-refractivity contribution in [2.75, 3.05) is 6.61 Å². The molecular formula is C16H31N3O. The van der Waals surface area contributed by atoms with Gasteiger partial charge in [0.1, 0.15) is 0 Å². The Bertz CT molecular complexity index is 399. The standard InChI is InChI=1S/C16H31N3O/c1-15(2,3)19(18)14-8-7-11-12(10-20)16(11,4)9-5-6-13(14)17/h11-12,20H,5-10,17-18H2,1-4H3/b14-13-/t11?,12-,16?/m1/s1. The lowest BCUT2D eigenvalue weighted by Gasteiger charge is -2.36. The lowest BCUT2D eigenvalue weighted by atomic mass is 9.96. The average molecular weight is 281 g/mol. The van der Waals surface area contributed by atoms with Crippen molar-refractivity contribution in [3.05, 3.63) is 11.4 Å². The van der Waals surface area contributed by atoms with Crippen LogP contribution in [0.2, 0.25) is 0 Å². The van der Waals surface area contributed by atoms with Crippen molar-refractivity contribution in [2.45, 2.75) is 65.3 Å². The first-order valence-corrected chi connectivity index (χ1v) is 7.85. The zero-order valence-corrected chi connectivity index (χ0v) is 13.4. The molecule has 2 aliphatic carbocycles. The molecule has 1 fully saturated rings. The van der Waals surface area contributed by atoms with Gasteiger partial charge < -0.3 is 15.8 Å². The van der Waals surface area contributed by atoms with Crippen molar-refractivity contribution in [2.24, 2.45) is 28.8 Å². The SMILES string of the molecule is CC12CCC/C(N)=C(/N(N)C(C)(C)C)CCC1[C@H]2CO. The van der Waals surface area contributed by atoms with E-state index >= 15 is 0 Å². The van der Waals surface area contributed by atoms with Crippen molar-refractivity contribution in [1.29, 1.82) is 0 Å². The smallest absolute Gasteiger partial charge is 0.0484 e. The minimum absolute atomic E-state index is 0.114. The fourth-order valence-corrected chi connectivity index (χ4v) is 3.94. The molecule has 2 aliphatic rings. The number of nitrogens with zero attached hydrogens (tertiary/aromatic N) is 1. The Balaban J connectivity index is 2.16. The quantitative estimate of drug-likeness (QED) is 0.536. The van der Waals surface area contributed by atoms with Crippen molar-refractivity contribution in [1.82, 2.24) is 5.01 Å². The predicted molar refractivity (Wildman–Crippen MR) is 82.3 cm³/mol. The van der Waals surface area contributed by atoms with Gasteiger partial charge in [0.05, 0.1) is 0 Å². The summed E-state index contributed by atoms with van der Waals surface area (Å²) in [5, 5.41) is 11.4. The lowest BCUT2D eigenvalue weighted by Crippen LogP contribution is -2.46. The van der Waals surface area contributed by atoms with E-state index < -0.39 is 0 Å². The normalized spacial score (nSPS) is 38.5. The van der Waals surface area contributed by atoms with Gasteiger partial charge >= 0.3 is 0 Å². The molecule has 0 saturated heterocycles. The molecule has 4 heteroatoms. The van der Waals surface area contributed by atoms with E-state index in [1.165, 1.54) is 0 Å². The highest BCUT2D eigenvalue weighted by Gasteiger charge is 2.59. The van der Waals surface area contributed by atoms with E-state index in [0.717, 1.165) is 43.5 Å². The Morgan fingerprint density at radius 2 is 2.00 bits per heavy atom. The van der Waals surface area contributed by atoms with Crippen LogP contribution in [0, 0.1) is 17.3 Å². The summed E-state index contributed by atoms with van der Waals surface area (Å²) in [5.41, 5.74) is 8.56. The van der Waals surface area contributed by atoms with Gasteiger partial charge in [-0.1, -0.05) is 6.92 Å². The minimum atomic E-state index is -0.114. The van der Waals surface area contributed by atoms with Crippen LogP contribution in [0.3, 0.4) is 0 Å². The first-order valence-electron chi connectivity index (χ1n) is 7.85. The molecule has 20 heavy (non-hydrogen) atoms. The van der Waals surface area contributed by atoms with Gasteiger partial charge in [-0.15, -0.1) is 0 Å². The van der Waals surface area contributed by atoms with Crippen LogP contribution in [-0.2, 0) is 0 Å². The highest BCUT2D eigenvalue weighted by atomic mass is 16.3. The molecule has 0 bridgehead atoms. The summed E-state index contributed by atoms with van der Waals surface area (Å²) in [6.45, 7) is 8.97. The third-order valence-corrected chi connectivity index (χ3v) is 5.51. The first-order chi connectivity index (χ1) is 9.21. The second-order valence-electron chi connectivity index (χ2n) is 7.81. The number of allylic oxidation sites excluding steroid dienone is 2. The van der Waals surface area contributed by atoms with Crippen LogP contribution in [0.15, 0.2) is 11.4 Å².